The van der Waals surface area contributed by atoms with Crippen molar-refractivity contribution in [2.24, 2.45) is 0 Å². The number of rotatable bonds is 7. The molecule has 1 aliphatic rings. The average molecular weight is 453 g/mol. The van der Waals surface area contributed by atoms with Crippen LogP contribution in [0.3, 0.4) is 0 Å². The lowest BCUT2D eigenvalue weighted by molar-refractivity contribution is 0.0956. The molecule has 0 aliphatic carbocycles. The third kappa shape index (κ3) is 5.75. The van der Waals surface area contributed by atoms with Crippen LogP contribution in [0.2, 0.25) is 5.02 Å². The molecular formula is C21H25ClN2O3S2. The summed E-state index contributed by atoms with van der Waals surface area (Å²) in [5.41, 5.74) is 1.39. The van der Waals surface area contributed by atoms with Gasteiger partial charge in [-0.2, -0.15) is 4.31 Å². The Morgan fingerprint density at radius 3 is 2.48 bits per heavy atom. The van der Waals surface area contributed by atoms with Crippen LogP contribution in [0.15, 0.2) is 52.3 Å². The highest BCUT2D eigenvalue weighted by atomic mass is 35.5. The smallest absolute Gasteiger partial charge is 0.252 e. The van der Waals surface area contributed by atoms with Crippen LogP contribution >= 0.6 is 23.4 Å². The first-order chi connectivity index (χ1) is 13.9. The summed E-state index contributed by atoms with van der Waals surface area (Å²) in [5.74, 6) is 0.341. The zero-order chi connectivity index (χ0) is 20.9. The lowest BCUT2D eigenvalue weighted by Crippen LogP contribution is -2.35. The van der Waals surface area contributed by atoms with Crippen LogP contribution in [0.5, 0.6) is 0 Å². The summed E-state index contributed by atoms with van der Waals surface area (Å²) < 4.78 is 27.2. The van der Waals surface area contributed by atoms with Gasteiger partial charge in [-0.3, -0.25) is 4.79 Å². The van der Waals surface area contributed by atoms with Crippen LogP contribution in [0.4, 0.5) is 0 Å². The summed E-state index contributed by atoms with van der Waals surface area (Å²) in [4.78, 5) is 13.8. The molecule has 1 heterocycles. The average Bonchev–Trinajstić information content (AvgIpc) is 2.73. The minimum Gasteiger partial charge on any atom is -0.351 e. The van der Waals surface area contributed by atoms with Gasteiger partial charge in [0.25, 0.3) is 5.91 Å². The quantitative estimate of drug-likeness (QED) is 0.501. The van der Waals surface area contributed by atoms with E-state index in [0.717, 1.165) is 24.2 Å². The third-order valence-electron chi connectivity index (χ3n) is 4.81. The highest BCUT2D eigenvalue weighted by Gasteiger charge is 2.27. The predicted molar refractivity (Wildman–Crippen MR) is 118 cm³/mol. The van der Waals surface area contributed by atoms with Gasteiger partial charge >= 0.3 is 0 Å². The summed E-state index contributed by atoms with van der Waals surface area (Å²) in [6.07, 6.45) is 2.76. The van der Waals surface area contributed by atoms with Crippen molar-refractivity contribution in [2.75, 3.05) is 25.4 Å². The van der Waals surface area contributed by atoms with Crippen molar-refractivity contribution in [1.82, 2.24) is 9.62 Å². The Morgan fingerprint density at radius 1 is 1.10 bits per heavy atom. The number of nitrogens with zero attached hydrogens (tertiary/aromatic N) is 1. The Labute approximate surface area is 181 Å². The molecular weight excluding hydrogens is 428 g/mol. The number of aryl methyl sites for hydroxylation is 1. The molecule has 0 spiro atoms. The number of piperidine rings is 1. The van der Waals surface area contributed by atoms with E-state index in [-0.39, 0.29) is 21.4 Å². The van der Waals surface area contributed by atoms with Gasteiger partial charge in [0.1, 0.15) is 0 Å². The van der Waals surface area contributed by atoms with Crippen molar-refractivity contribution in [1.29, 1.82) is 0 Å². The molecule has 156 valence electrons. The van der Waals surface area contributed by atoms with E-state index < -0.39 is 10.0 Å². The minimum absolute atomic E-state index is 0.114. The fraction of sp³-hybridized carbons (Fsp3) is 0.381. The highest BCUT2D eigenvalue weighted by Crippen LogP contribution is 2.25. The van der Waals surface area contributed by atoms with Crippen LogP contribution < -0.4 is 5.32 Å². The first-order valence-electron chi connectivity index (χ1n) is 9.65. The summed E-state index contributed by atoms with van der Waals surface area (Å²) in [6.45, 7) is 3.53. The summed E-state index contributed by atoms with van der Waals surface area (Å²) in [5, 5.41) is 3.07. The molecule has 0 radical (unpaired) electrons. The van der Waals surface area contributed by atoms with Crippen LogP contribution in [-0.2, 0) is 10.0 Å². The van der Waals surface area contributed by atoms with Crippen molar-refractivity contribution >= 4 is 39.3 Å². The molecule has 0 unspecified atom stereocenters. The molecule has 8 heteroatoms. The molecule has 3 rings (SSSR count). The van der Waals surface area contributed by atoms with Crippen molar-refractivity contribution in [3.63, 3.8) is 0 Å². The standard InChI is InChI=1S/C21H25ClN2O3S2/c1-16-5-7-17(8-6-16)28-14-11-23-21(25)19-15-18(9-10-20(19)22)29(26,27)24-12-3-2-4-13-24/h5-10,15H,2-4,11-14H2,1H3,(H,23,25). The number of hydrogen-bond donors (Lipinski definition) is 1. The van der Waals surface area contributed by atoms with Crippen molar-refractivity contribution in [3.05, 3.63) is 58.6 Å². The van der Waals surface area contributed by atoms with Gasteiger partial charge in [-0.1, -0.05) is 35.7 Å². The number of carbonyl (C=O) groups is 1. The molecule has 0 saturated carbocycles. The molecule has 1 aliphatic heterocycles. The second kappa shape index (κ2) is 9.98. The highest BCUT2D eigenvalue weighted by molar-refractivity contribution is 7.99. The Balaban J connectivity index is 1.62. The Hall–Kier alpha value is -1.54. The number of benzene rings is 2. The molecule has 1 fully saturated rings. The topological polar surface area (TPSA) is 66.5 Å². The number of hydrogen-bond acceptors (Lipinski definition) is 4. The van der Waals surface area contributed by atoms with E-state index in [1.807, 2.05) is 19.1 Å². The van der Waals surface area contributed by atoms with Gasteiger partial charge in [0.2, 0.25) is 10.0 Å². The molecule has 1 saturated heterocycles. The SMILES string of the molecule is Cc1ccc(SCCNC(=O)c2cc(S(=O)(=O)N3CCCCC3)ccc2Cl)cc1. The number of nitrogens with one attached hydrogen (secondary N) is 1. The van der Waals surface area contributed by atoms with Gasteiger partial charge in [0, 0.05) is 30.3 Å². The molecule has 0 bridgehead atoms. The molecule has 29 heavy (non-hydrogen) atoms. The molecule has 0 aromatic heterocycles. The summed E-state index contributed by atoms with van der Waals surface area (Å²) >= 11 is 7.82. The van der Waals surface area contributed by atoms with Crippen LogP contribution in [-0.4, -0.2) is 44.0 Å². The zero-order valence-electron chi connectivity index (χ0n) is 16.4. The minimum atomic E-state index is -3.61. The Bertz CT molecular complexity index is 956. The van der Waals surface area contributed by atoms with E-state index >= 15 is 0 Å². The fourth-order valence-electron chi connectivity index (χ4n) is 3.16. The number of halogens is 1. The second-order valence-corrected chi connectivity index (χ2v) is 10.5. The van der Waals surface area contributed by atoms with Gasteiger partial charge in [-0.15, -0.1) is 11.8 Å². The van der Waals surface area contributed by atoms with Crippen LogP contribution in [0.1, 0.15) is 35.2 Å². The van der Waals surface area contributed by atoms with Crippen molar-refractivity contribution in [2.45, 2.75) is 36.0 Å². The molecule has 5 nitrogen and oxygen atoms in total. The second-order valence-electron chi connectivity index (χ2n) is 7.02. The van der Waals surface area contributed by atoms with E-state index in [1.165, 1.54) is 28.1 Å². The van der Waals surface area contributed by atoms with E-state index in [1.54, 1.807) is 11.8 Å². The van der Waals surface area contributed by atoms with Gasteiger partial charge in [-0.25, -0.2) is 8.42 Å². The number of carbonyl (C=O) groups excluding carboxylic acids is 1. The van der Waals surface area contributed by atoms with Gasteiger partial charge in [0.15, 0.2) is 0 Å². The number of amides is 1. The van der Waals surface area contributed by atoms with Crippen molar-refractivity contribution in [3.8, 4) is 0 Å². The number of thioether (sulfide) groups is 1. The zero-order valence-corrected chi connectivity index (χ0v) is 18.7. The van der Waals surface area contributed by atoms with E-state index in [0.29, 0.717) is 25.4 Å². The van der Waals surface area contributed by atoms with Gasteiger partial charge in [-0.05, 0) is 50.1 Å². The monoisotopic (exact) mass is 452 g/mol. The molecule has 1 amide bonds. The molecule has 2 aromatic carbocycles. The largest absolute Gasteiger partial charge is 0.351 e. The maximum absolute atomic E-state index is 12.9. The maximum Gasteiger partial charge on any atom is 0.252 e. The van der Waals surface area contributed by atoms with E-state index in [2.05, 4.69) is 17.4 Å². The van der Waals surface area contributed by atoms with E-state index in [4.69, 9.17) is 11.6 Å². The van der Waals surface area contributed by atoms with Crippen molar-refractivity contribution < 1.29 is 13.2 Å². The summed E-state index contributed by atoms with van der Waals surface area (Å²) in [6, 6.07) is 12.5. The summed E-state index contributed by atoms with van der Waals surface area (Å²) in [7, 11) is -3.61. The predicted octanol–water partition coefficient (Wildman–Crippen LogP) is 4.35. The molecule has 0 atom stereocenters. The Morgan fingerprint density at radius 2 is 1.79 bits per heavy atom. The normalized spacial score (nSPS) is 15.2. The van der Waals surface area contributed by atoms with Crippen LogP contribution in [0, 0.1) is 6.92 Å². The Kier molecular flexibility index (Phi) is 7.62. The lowest BCUT2D eigenvalue weighted by Gasteiger charge is -2.26. The third-order valence-corrected chi connectivity index (χ3v) is 8.05. The van der Waals surface area contributed by atoms with Crippen LogP contribution in [0.25, 0.3) is 0 Å². The maximum atomic E-state index is 12.9. The number of sulfonamides is 1. The molecule has 2 aromatic rings. The lowest BCUT2D eigenvalue weighted by atomic mass is 10.2. The first kappa shape index (κ1) is 22.2. The van der Waals surface area contributed by atoms with Gasteiger partial charge in [0.05, 0.1) is 15.5 Å². The first-order valence-corrected chi connectivity index (χ1v) is 12.5. The van der Waals surface area contributed by atoms with Gasteiger partial charge < -0.3 is 5.32 Å². The van der Waals surface area contributed by atoms with E-state index in [9.17, 15) is 13.2 Å². The molecule has 1 N–H and O–H groups in total. The fourth-order valence-corrected chi connectivity index (χ4v) is 5.67.